The van der Waals surface area contributed by atoms with Crippen LogP contribution in [0.25, 0.3) is 0 Å². The standard InChI is InChI=1S/C21H40O5S/c1-2-3-4-5-6-7-8-9-10-11-12-13-14-19(27)26-18-16-25-21(20(18)24)17(23)15-22/h17-18,20-24H,2-16H2,1H3/t17-,18+,20+,21+/m0/s1. The van der Waals surface area contributed by atoms with Gasteiger partial charge in [-0.3, -0.25) is 0 Å². The van der Waals surface area contributed by atoms with Crippen LogP contribution in [0.5, 0.6) is 0 Å². The molecule has 1 fully saturated rings. The summed E-state index contributed by atoms with van der Waals surface area (Å²) < 4.78 is 10.9. The van der Waals surface area contributed by atoms with E-state index >= 15 is 0 Å². The Hall–Kier alpha value is -0.270. The van der Waals surface area contributed by atoms with E-state index in [0.717, 1.165) is 12.8 Å². The maximum atomic E-state index is 10.1. The van der Waals surface area contributed by atoms with Crippen LogP contribution in [0.3, 0.4) is 0 Å². The summed E-state index contributed by atoms with van der Waals surface area (Å²) in [7, 11) is 0. The van der Waals surface area contributed by atoms with Crippen LogP contribution >= 0.6 is 12.2 Å². The summed E-state index contributed by atoms with van der Waals surface area (Å²) in [6.45, 7) is 1.99. The van der Waals surface area contributed by atoms with Gasteiger partial charge >= 0.3 is 0 Å². The summed E-state index contributed by atoms with van der Waals surface area (Å²) in [5.74, 6) is 0. The van der Waals surface area contributed by atoms with Gasteiger partial charge in [0.05, 0.1) is 13.2 Å². The van der Waals surface area contributed by atoms with Crippen LogP contribution < -0.4 is 0 Å². The van der Waals surface area contributed by atoms with Crippen LogP contribution in [0.1, 0.15) is 90.4 Å². The summed E-state index contributed by atoms with van der Waals surface area (Å²) in [6, 6.07) is 0. The monoisotopic (exact) mass is 404 g/mol. The van der Waals surface area contributed by atoms with Crippen molar-refractivity contribution in [3.8, 4) is 0 Å². The molecule has 0 aromatic rings. The van der Waals surface area contributed by atoms with Crippen LogP contribution in [0.15, 0.2) is 0 Å². The number of ether oxygens (including phenoxy) is 2. The molecule has 1 aliphatic rings. The molecule has 4 atom stereocenters. The number of hydrogen-bond donors (Lipinski definition) is 3. The number of aliphatic hydroxyl groups excluding tert-OH is 3. The fraction of sp³-hybridized carbons (Fsp3) is 0.952. The SMILES string of the molecule is CCCCCCCCCCCCCCC(=S)O[C@@H]1CO[C@H]([C@@H](O)CO)[C@@H]1O. The Morgan fingerprint density at radius 2 is 1.52 bits per heavy atom. The molecular weight excluding hydrogens is 364 g/mol. The van der Waals surface area contributed by atoms with Gasteiger partial charge in [0.25, 0.3) is 0 Å². The fourth-order valence-corrected chi connectivity index (χ4v) is 3.77. The van der Waals surface area contributed by atoms with Gasteiger partial charge in [-0.05, 0) is 18.6 Å². The largest absolute Gasteiger partial charge is 0.479 e. The van der Waals surface area contributed by atoms with E-state index in [0.29, 0.717) is 11.5 Å². The van der Waals surface area contributed by atoms with Gasteiger partial charge in [-0.15, -0.1) is 0 Å². The molecule has 0 aromatic carbocycles. The average molecular weight is 405 g/mol. The Balaban J connectivity index is 1.95. The zero-order valence-corrected chi connectivity index (χ0v) is 17.8. The molecule has 0 unspecified atom stereocenters. The molecule has 160 valence electrons. The van der Waals surface area contributed by atoms with Crippen LogP contribution in [0.4, 0.5) is 0 Å². The summed E-state index contributed by atoms with van der Waals surface area (Å²) in [5.41, 5.74) is 0. The van der Waals surface area contributed by atoms with E-state index in [-0.39, 0.29) is 6.61 Å². The lowest BCUT2D eigenvalue weighted by atomic mass is 10.0. The molecule has 0 saturated carbocycles. The van der Waals surface area contributed by atoms with Crippen LogP contribution in [0.2, 0.25) is 0 Å². The summed E-state index contributed by atoms with van der Waals surface area (Å²) in [5, 5.41) is 29.1. The highest BCUT2D eigenvalue weighted by molar-refractivity contribution is 7.80. The van der Waals surface area contributed by atoms with Crippen LogP contribution in [0, 0.1) is 0 Å². The van der Waals surface area contributed by atoms with Crippen molar-refractivity contribution in [3.05, 3.63) is 0 Å². The molecule has 0 amide bonds. The first kappa shape index (κ1) is 24.8. The first-order valence-corrected chi connectivity index (χ1v) is 11.3. The molecule has 1 aliphatic heterocycles. The lowest BCUT2D eigenvalue weighted by Crippen LogP contribution is -2.41. The minimum absolute atomic E-state index is 0.182. The minimum atomic E-state index is -1.10. The van der Waals surface area contributed by atoms with Gasteiger partial charge < -0.3 is 24.8 Å². The van der Waals surface area contributed by atoms with Crippen molar-refractivity contribution in [2.45, 2.75) is 115 Å². The van der Waals surface area contributed by atoms with E-state index < -0.39 is 31.0 Å². The van der Waals surface area contributed by atoms with E-state index in [1.807, 2.05) is 0 Å². The third-order valence-electron chi connectivity index (χ3n) is 5.25. The summed E-state index contributed by atoms with van der Waals surface area (Å²) in [6.07, 6.45) is 12.9. The van der Waals surface area contributed by atoms with E-state index in [4.69, 9.17) is 26.8 Å². The highest BCUT2D eigenvalue weighted by Gasteiger charge is 2.41. The minimum Gasteiger partial charge on any atom is -0.479 e. The lowest BCUT2D eigenvalue weighted by Gasteiger charge is -2.21. The highest BCUT2D eigenvalue weighted by Crippen LogP contribution is 2.21. The van der Waals surface area contributed by atoms with Gasteiger partial charge in [0.1, 0.15) is 18.3 Å². The Morgan fingerprint density at radius 3 is 2.04 bits per heavy atom. The molecular formula is C21H40O5S. The Bertz CT molecular complexity index is 380. The van der Waals surface area contributed by atoms with Crippen molar-refractivity contribution in [2.24, 2.45) is 0 Å². The van der Waals surface area contributed by atoms with Crippen molar-refractivity contribution in [3.63, 3.8) is 0 Å². The Kier molecular flexibility index (Phi) is 14.3. The van der Waals surface area contributed by atoms with E-state index in [1.165, 1.54) is 64.2 Å². The highest BCUT2D eigenvalue weighted by atomic mass is 32.1. The van der Waals surface area contributed by atoms with Crippen molar-refractivity contribution < 1.29 is 24.8 Å². The number of unbranched alkanes of at least 4 members (excludes halogenated alkanes) is 11. The van der Waals surface area contributed by atoms with Gasteiger partial charge in [0, 0.05) is 6.42 Å². The molecule has 0 spiro atoms. The number of aliphatic hydroxyl groups is 3. The van der Waals surface area contributed by atoms with E-state index in [2.05, 4.69) is 6.92 Å². The molecule has 1 heterocycles. The number of thiocarbonyl (C=S) groups is 1. The zero-order chi connectivity index (χ0) is 19.9. The van der Waals surface area contributed by atoms with Crippen molar-refractivity contribution in [1.82, 2.24) is 0 Å². The lowest BCUT2D eigenvalue weighted by molar-refractivity contribution is -0.0679. The molecule has 0 aliphatic carbocycles. The predicted molar refractivity (Wildman–Crippen MR) is 112 cm³/mol. The Morgan fingerprint density at radius 1 is 1.00 bits per heavy atom. The molecule has 0 radical (unpaired) electrons. The predicted octanol–water partition coefficient (Wildman–Crippen LogP) is 3.90. The second-order valence-corrected chi connectivity index (χ2v) is 8.16. The quantitative estimate of drug-likeness (QED) is 0.267. The molecule has 5 nitrogen and oxygen atoms in total. The van der Waals surface area contributed by atoms with Gasteiger partial charge in [0.2, 0.25) is 0 Å². The molecule has 1 saturated heterocycles. The maximum Gasteiger partial charge on any atom is 0.160 e. The number of hydrogen-bond acceptors (Lipinski definition) is 6. The van der Waals surface area contributed by atoms with Gasteiger partial charge in [-0.2, -0.15) is 0 Å². The van der Waals surface area contributed by atoms with Gasteiger partial charge in [-0.25, -0.2) is 0 Å². The molecule has 6 heteroatoms. The third kappa shape index (κ3) is 10.7. The first-order chi connectivity index (χ1) is 13.1. The second kappa shape index (κ2) is 15.6. The molecule has 3 N–H and O–H groups in total. The molecule has 0 aromatic heterocycles. The normalized spacial score (nSPS) is 23.5. The van der Waals surface area contributed by atoms with Gasteiger partial charge in [-0.1, -0.05) is 77.6 Å². The zero-order valence-electron chi connectivity index (χ0n) is 17.0. The smallest absolute Gasteiger partial charge is 0.160 e. The third-order valence-corrected chi connectivity index (χ3v) is 5.55. The van der Waals surface area contributed by atoms with Crippen molar-refractivity contribution in [2.75, 3.05) is 13.2 Å². The number of rotatable bonds is 16. The summed E-state index contributed by atoms with van der Waals surface area (Å²) in [4.78, 5) is 0. The fourth-order valence-electron chi connectivity index (χ4n) is 3.50. The van der Waals surface area contributed by atoms with Crippen LogP contribution in [-0.4, -0.2) is 58.0 Å². The Labute approximate surface area is 170 Å². The van der Waals surface area contributed by atoms with Crippen molar-refractivity contribution >= 4 is 17.3 Å². The van der Waals surface area contributed by atoms with Gasteiger partial charge in [0.15, 0.2) is 11.2 Å². The first-order valence-electron chi connectivity index (χ1n) is 10.9. The summed E-state index contributed by atoms with van der Waals surface area (Å²) >= 11 is 5.25. The van der Waals surface area contributed by atoms with Crippen molar-refractivity contribution in [1.29, 1.82) is 0 Å². The average Bonchev–Trinajstić information content (AvgIpc) is 3.02. The maximum absolute atomic E-state index is 10.1. The second-order valence-electron chi connectivity index (χ2n) is 7.71. The van der Waals surface area contributed by atoms with E-state index in [1.54, 1.807) is 0 Å². The molecule has 27 heavy (non-hydrogen) atoms. The van der Waals surface area contributed by atoms with E-state index in [9.17, 15) is 10.2 Å². The molecule has 1 rings (SSSR count). The molecule has 0 bridgehead atoms. The van der Waals surface area contributed by atoms with Crippen LogP contribution in [-0.2, 0) is 9.47 Å². The topological polar surface area (TPSA) is 79.2 Å².